The Morgan fingerprint density at radius 2 is 2.27 bits per heavy atom. The molecule has 1 aromatic heterocycles. The molecular weight excluding hydrogens is 154 g/mol. The van der Waals surface area contributed by atoms with Gasteiger partial charge in [-0.15, -0.1) is 0 Å². The zero-order valence-electron chi connectivity index (χ0n) is 5.37. The van der Waals surface area contributed by atoms with Crippen LogP contribution in [0.4, 0.5) is 8.78 Å². The smallest absolute Gasteiger partial charge is 0.286 e. The van der Waals surface area contributed by atoms with Crippen molar-refractivity contribution in [1.29, 1.82) is 0 Å². The number of halogens is 2. The fourth-order valence-electron chi connectivity index (χ4n) is 0.548. The Kier molecular flexibility index (Phi) is 2.20. The van der Waals surface area contributed by atoms with Crippen molar-refractivity contribution in [2.75, 3.05) is 0 Å². The second-order valence-electron chi connectivity index (χ2n) is 1.76. The summed E-state index contributed by atoms with van der Waals surface area (Å²) in [6, 6.07) is 1.15. The minimum atomic E-state index is -3.00. The van der Waals surface area contributed by atoms with E-state index >= 15 is 0 Å². The van der Waals surface area contributed by atoms with Crippen LogP contribution in [0.2, 0.25) is 0 Å². The number of hydrogen-bond donors (Lipinski definition) is 0. The number of aromatic nitrogens is 2. The van der Waals surface area contributed by atoms with Gasteiger partial charge in [-0.05, 0) is 6.07 Å². The molecule has 1 heterocycles. The molecular formula is C6H4F2N2O. The highest BCUT2D eigenvalue weighted by molar-refractivity contribution is 5.96. The van der Waals surface area contributed by atoms with Crippen molar-refractivity contribution in [3.05, 3.63) is 24.3 Å². The van der Waals surface area contributed by atoms with Gasteiger partial charge in [-0.3, -0.25) is 4.79 Å². The molecule has 0 amide bonds. The van der Waals surface area contributed by atoms with Gasteiger partial charge >= 0.3 is 6.43 Å². The topological polar surface area (TPSA) is 42.9 Å². The van der Waals surface area contributed by atoms with E-state index in [1.165, 1.54) is 6.20 Å². The predicted octanol–water partition coefficient (Wildman–Crippen LogP) is 0.924. The molecule has 0 radical (unpaired) electrons. The molecule has 0 saturated heterocycles. The standard InChI is InChI=1S/C6H4F2N2O/c7-6(8)5(11)4-1-2-9-3-10-4/h1-3,6H. The van der Waals surface area contributed by atoms with Crippen LogP contribution < -0.4 is 0 Å². The zero-order valence-corrected chi connectivity index (χ0v) is 5.37. The van der Waals surface area contributed by atoms with E-state index in [4.69, 9.17) is 0 Å². The van der Waals surface area contributed by atoms with Gasteiger partial charge in [0.05, 0.1) is 0 Å². The highest BCUT2D eigenvalue weighted by Gasteiger charge is 2.18. The summed E-state index contributed by atoms with van der Waals surface area (Å²) in [5.41, 5.74) is -0.255. The van der Waals surface area contributed by atoms with E-state index in [0.29, 0.717) is 0 Å². The molecule has 1 rings (SSSR count). The van der Waals surface area contributed by atoms with Crippen LogP contribution in [0.5, 0.6) is 0 Å². The average molecular weight is 158 g/mol. The summed E-state index contributed by atoms with van der Waals surface area (Å²) in [6.07, 6.45) is -0.706. The first kappa shape index (κ1) is 7.71. The van der Waals surface area contributed by atoms with E-state index < -0.39 is 12.2 Å². The fourth-order valence-corrected chi connectivity index (χ4v) is 0.548. The van der Waals surface area contributed by atoms with Gasteiger partial charge < -0.3 is 0 Å². The minimum absolute atomic E-state index is 0.255. The number of nitrogens with zero attached hydrogens (tertiary/aromatic N) is 2. The molecule has 0 spiro atoms. The van der Waals surface area contributed by atoms with Gasteiger partial charge in [0.1, 0.15) is 12.0 Å². The van der Waals surface area contributed by atoms with Gasteiger partial charge in [0, 0.05) is 6.20 Å². The maximum absolute atomic E-state index is 11.7. The van der Waals surface area contributed by atoms with Gasteiger partial charge in [0.2, 0.25) is 5.78 Å². The lowest BCUT2D eigenvalue weighted by Crippen LogP contribution is -2.11. The number of carbonyl (C=O) groups excluding carboxylic acids is 1. The molecule has 0 N–H and O–H groups in total. The van der Waals surface area contributed by atoms with Gasteiger partial charge in [-0.1, -0.05) is 0 Å². The molecule has 0 saturated carbocycles. The van der Waals surface area contributed by atoms with Crippen molar-refractivity contribution in [3.8, 4) is 0 Å². The molecule has 1 aromatic rings. The summed E-state index contributed by atoms with van der Waals surface area (Å²) >= 11 is 0. The fraction of sp³-hybridized carbons (Fsp3) is 0.167. The maximum atomic E-state index is 11.7. The van der Waals surface area contributed by atoms with Crippen molar-refractivity contribution in [2.24, 2.45) is 0 Å². The minimum Gasteiger partial charge on any atom is -0.286 e. The first-order chi connectivity index (χ1) is 5.22. The van der Waals surface area contributed by atoms with Crippen LogP contribution >= 0.6 is 0 Å². The lowest BCUT2D eigenvalue weighted by atomic mass is 10.3. The number of rotatable bonds is 2. The number of alkyl halides is 2. The van der Waals surface area contributed by atoms with Crippen LogP contribution in [-0.2, 0) is 0 Å². The van der Waals surface area contributed by atoms with E-state index in [1.807, 2.05) is 0 Å². The van der Waals surface area contributed by atoms with Crippen LogP contribution in [0, 0.1) is 0 Å². The summed E-state index contributed by atoms with van der Waals surface area (Å²) in [7, 11) is 0. The average Bonchev–Trinajstić information content (AvgIpc) is 2.05. The second-order valence-corrected chi connectivity index (χ2v) is 1.76. The Balaban J connectivity index is 2.86. The summed E-state index contributed by atoms with van der Waals surface area (Å²) in [5, 5.41) is 0. The van der Waals surface area contributed by atoms with E-state index in [-0.39, 0.29) is 5.69 Å². The first-order valence-electron chi connectivity index (χ1n) is 2.80. The first-order valence-corrected chi connectivity index (χ1v) is 2.80. The summed E-state index contributed by atoms with van der Waals surface area (Å²) < 4.78 is 23.4. The van der Waals surface area contributed by atoms with Crippen LogP contribution in [-0.4, -0.2) is 22.2 Å². The van der Waals surface area contributed by atoms with Crippen molar-refractivity contribution in [2.45, 2.75) is 6.43 Å². The highest BCUT2D eigenvalue weighted by Crippen LogP contribution is 2.02. The van der Waals surface area contributed by atoms with E-state index in [9.17, 15) is 13.6 Å². The second kappa shape index (κ2) is 3.14. The molecule has 0 aliphatic carbocycles. The van der Waals surface area contributed by atoms with Crippen LogP contribution in [0.1, 0.15) is 10.5 Å². The normalized spacial score (nSPS) is 10.1. The Morgan fingerprint density at radius 1 is 1.55 bits per heavy atom. The molecule has 0 bridgehead atoms. The summed E-state index contributed by atoms with van der Waals surface area (Å²) in [4.78, 5) is 17.3. The third-order valence-corrected chi connectivity index (χ3v) is 1.03. The van der Waals surface area contributed by atoms with E-state index in [0.717, 1.165) is 12.4 Å². The molecule has 58 valence electrons. The Labute approximate surface area is 61.1 Å². The Bertz CT molecular complexity index is 250. The van der Waals surface area contributed by atoms with Crippen LogP contribution in [0.3, 0.4) is 0 Å². The molecule has 0 atom stereocenters. The summed E-state index contributed by atoms with van der Waals surface area (Å²) in [5.74, 6) is -1.27. The quantitative estimate of drug-likeness (QED) is 0.601. The largest absolute Gasteiger partial charge is 0.302 e. The highest BCUT2D eigenvalue weighted by atomic mass is 19.3. The number of ketones is 1. The van der Waals surface area contributed by atoms with E-state index in [2.05, 4.69) is 9.97 Å². The molecule has 0 aromatic carbocycles. The molecule has 5 heteroatoms. The van der Waals surface area contributed by atoms with Gasteiger partial charge in [-0.2, -0.15) is 0 Å². The molecule has 3 nitrogen and oxygen atoms in total. The van der Waals surface area contributed by atoms with Crippen molar-refractivity contribution < 1.29 is 13.6 Å². The van der Waals surface area contributed by atoms with Crippen LogP contribution in [0.25, 0.3) is 0 Å². The number of Topliss-reactive ketones (excluding diaryl/α,β-unsaturated/α-hetero) is 1. The van der Waals surface area contributed by atoms with Gasteiger partial charge in [0.25, 0.3) is 0 Å². The molecule has 0 aliphatic heterocycles. The molecule has 11 heavy (non-hydrogen) atoms. The third-order valence-electron chi connectivity index (χ3n) is 1.03. The Hall–Kier alpha value is -1.39. The lowest BCUT2D eigenvalue weighted by Gasteiger charge is -1.94. The monoisotopic (exact) mass is 158 g/mol. The number of hydrogen-bond acceptors (Lipinski definition) is 3. The van der Waals surface area contributed by atoms with E-state index in [1.54, 1.807) is 0 Å². The third kappa shape index (κ3) is 1.76. The SMILES string of the molecule is O=C(c1ccncn1)C(F)F. The molecule has 0 unspecified atom stereocenters. The van der Waals surface area contributed by atoms with Crippen LogP contribution in [0.15, 0.2) is 18.6 Å². The zero-order chi connectivity index (χ0) is 8.27. The predicted molar refractivity (Wildman–Crippen MR) is 32.4 cm³/mol. The molecule has 0 fully saturated rings. The van der Waals surface area contributed by atoms with Gasteiger partial charge in [0.15, 0.2) is 0 Å². The maximum Gasteiger partial charge on any atom is 0.302 e. The van der Waals surface area contributed by atoms with Crippen molar-refractivity contribution in [3.63, 3.8) is 0 Å². The Morgan fingerprint density at radius 3 is 2.73 bits per heavy atom. The van der Waals surface area contributed by atoms with Gasteiger partial charge in [-0.25, -0.2) is 18.7 Å². The summed E-state index contributed by atoms with van der Waals surface area (Å²) in [6.45, 7) is 0. The van der Waals surface area contributed by atoms with Crippen molar-refractivity contribution in [1.82, 2.24) is 9.97 Å². The molecule has 0 aliphatic rings. The number of carbonyl (C=O) groups is 1. The lowest BCUT2D eigenvalue weighted by molar-refractivity contribution is 0.0673. The van der Waals surface area contributed by atoms with Crippen molar-refractivity contribution >= 4 is 5.78 Å².